The van der Waals surface area contributed by atoms with Crippen LogP contribution in [-0.4, -0.2) is 52.2 Å². The van der Waals surface area contributed by atoms with Gasteiger partial charge in [-0.05, 0) is 18.9 Å². The molecular formula is C13H21NO6S. The Morgan fingerprint density at radius 1 is 1.38 bits per heavy atom. The fraction of sp³-hybridized carbons (Fsp3) is 0.538. The minimum absolute atomic E-state index is 0.00576. The predicted molar refractivity (Wildman–Crippen MR) is 78.6 cm³/mol. The first-order valence-corrected chi connectivity index (χ1v) is 8.26. The van der Waals surface area contributed by atoms with Gasteiger partial charge in [-0.2, -0.15) is 0 Å². The van der Waals surface area contributed by atoms with Crippen LogP contribution in [0.3, 0.4) is 0 Å². The molecule has 21 heavy (non-hydrogen) atoms. The SMILES string of the molecule is C=C/C(=C\C)COC(=O)N[C@@H](CCS(C)(=O)=O)C(=O)OC. The monoisotopic (exact) mass is 319 g/mol. The maximum absolute atomic E-state index is 11.6. The number of sulfone groups is 1. The zero-order valence-electron chi connectivity index (χ0n) is 12.4. The van der Waals surface area contributed by atoms with Crippen LogP contribution in [0.15, 0.2) is 24.3 Å². The Morgan fingerprint density at radius 2 is 2.00 bits per heavy atom. The summed E-state index contributed by atoms with van der Waals surface area (Å²) in [6.07, 6.45) is 3.39. The number of carbonyl (C=O) groups is 2. The summed E-state index contributed by atoms with van der Waals surface area (Å²) in [6.45, 7) is 5.32. The summed E-state index contributed by atoms with van der Waals surface area (Å²) in [4.78, 5) is 23.1. The van der Waals surface area contributed by atoms with Crippen molar-refractivity contribution in [2.45, 2.75) is 19.4 Å². The van der Waals surface area contributed by atoms with E-state index in [0.717, 1.165) is 13.4 Å². The summed E-state index contributed by atoms with van der Waals surface area (Å²) >= 11 is 0. The maximum Gasteiger partial charge on any atom is 0.408 e. The smallest absolute Gasteiger partial charge is 0.408 e. The van der Waals surface area contributed by atoms with Crippen LogP contribution in [0.4, 0.5) is 4.79 Å². The van der Waals surface area contributed by atoms with Crippen LogP contribution in [-0.2, 0) is 24.1 Å². The second kappa shape index (κ2) is 9.17. The van der Waals surface area contributed by atoms with Crippen LogP contribution in [0, 0.1) is 0 Å². The van der Waals surface area contributed by atoms with Gasteiger partial charge in [-0.3, -0.25) is 0 Å². The molecule has 0 bridgehead atoms. The van der Waals surface area contributed by atoms with E-state index in [1.807, 2.05) is 0 Å². The lowest BCUT2D eigenvalue weighted by atomic mass is 10.2. The van der Waals surface area contributed by atoms with E-state index in [1.54, 1.807) is 13.0 Å². The van der Waals surface area contributed by atoms with Crippen molar-refractivity contribution in [3.63, 3.8) is 0 Å². The van der Waals surface area contributed by atoms with E-state index in [2.05, 4.69) is 16.6 Å². The number of esters is 1. The zero-order valence-corrected chi connectivity index (χ0v) is 13.2. The maximum atomic E-state index is 11.6. The second-order valence-corrected chi connectivity index (χ2v) is 6.54. The van der Waals surface area contributed by atoms with E-state index in [4.69, 9.17) is 4.74 Å². The predicted octanol–water partition coefficient (Wildman–Crippen LogP) is 0.821. The first kappa shape index (κ1) is 19.2. The fourth-order valence-electron chi connectivity index (χ4n) is 1.32. The Bertz CT molecular complexity index is 509. The van der Waals surface area contributed by atoms with Gasteiger partial charge in [0.1, 0.15) is 22.5 Å². The number of methoxy groups -OCH3 is 1. The summed E-state index contributed by atoms with van der Waals surface area (Å²) < 4.78 is 31.6. The molecule has 0 aromatic rings. The highest BCUT2D eigenvalue weighted by molar-refractivity contribution is 7.90. The Hall–Kier alpha value is -1.83. The molecule has 0 aliphatic carbocycles. The molecule has 0 spiro atoms. The van der Waals surface area contributed by atoms with Gasteiger partial charge in [-0.15, -0.1) is 0 Å². The third-order valence-corrected chi connectivity index (χ3v) is 3.54. The van der Waals surface area contributed by atoms with Gasteiger partial charge in [0, 0.05) is 6.26 Å². The molecule has 1 N–H and O–H groups in total. The van der Waals surface area contributed by atoms with E-state index >= 15 is 0 Å². The molecule has 0 radical (unpaired) electrons. The lowest BCUT2D eigenvalue weighted by Crippen LogP contribution is -2.43. The molecule has 0 saturated carbocycles. The standard InChI is InChI=1S/C13H21NO6S/c1-5-10(6-2)9-20-13(16)14-11(12(15)19-3)7-8-21(4,17)18/h5-6,11H,1,7-9H2,2-4H3,(H,14,16)/b10-6+/t11-/m0/s1. The van der Waals surface area contributed by atoms with E-state index in [0.29, 0.717) is 5.57 Å². The molecule has 0 aromatic heterocycles. The topological polar surface area (TPSA) is 98.8 Å². The third-order valence-electron chi connectivity index (χ3n) is 2.56. The molecule has 0 fully saturated rings. The average molecular weight is 319 g/mol. The first-order chi connectivity index (χ1) is 9.73. The molecular weight excluding hydrogens is 298 g/mol. The minimum atomic E-state index is -3.25. The minimum Gasteiger partial charge on any atom is -0.467 e. The lowest BCUT2D eigenvalue weighted by Gasteiger charge is -2.16. The molecule has 120 valence electrons. The van der Waals surface area contributed by atoms with Crippen molar-refractivity contribution in [3.05, 3.63) is 24.3 Å². The van der Waals surface area contributed by atoms with Gasteiger partial charge in [0.15, 0.2) is 0 Å². The van der Waals surface area contributed by atoms with Crippen molar-refractivity contribution in [1.29, 1.82) is 0 Å². The zero-order chi connectivity index (χ0) is 16.5. The fourth-order valence-corrected chi connectivity index (χ4v) is 1.98. The van der Waals surface area contributed by atoms with Crippen LogP contribution in [0.5, 0.6) is 0 Å². The largest absolute Gasteiger partial charge is 0.467 e. The van der Waals surface area contributed by atoms with Crippen molar-refractivity contribution in [1.82, 2.24) is 5.32 Å². The summed E-state index contributed by atoms with van der Waals surface area (Å²) in [5.41, 5.74) is 0.705. The molecule has 0 heterocycles. The Morgan fingerprint density at radius 3 is 2.43 bits per heavy atom. The van der Waals surface area contributed by atoms with E-state index in [-0.39, 0.29) is 18.8 Å². The lowest BCUT2D eigenvalue weighted by molar-refractivity contribution is -0.143. The Labute approximate surface area is 124 Å². The summed E-state index contributed by atoms with van der Waals surface area (Å²) in [5.74, 6) is -0.981. The molecule has 0 aliphatic heterocycles. The summed E-state index contributed by atoms with van der Waals surface area (Å²) in [5, 5.41) is 2.28. The number of ether oxygens (including phenoxy) is 2. The summed E-state index contributed by atoms with van der Waals surface area (Å²) in [6, 6.07) is -1.07. The Kier molecular flexibility index (Phi) is 8.37. The molecule has 0 aromatic carbocycles. The third kappa shape index (κ3) is 8.85. The molecule has 0 saturated heterocycles. The van der Waals surface area contributed by atoms with Crippen molar-refractivity contribution < 1.29 is 27.5 Å². The highest BCUT2D eigenvalue weighted by atomic mass is 32.2. The van der Waals surface area contributed by atoms with E-state index in [1.165, 1.54) is 6.08 Å². The van der Waals surface area contributed by atoms with Crippen molar-refractivity contribution in [3.8, 4) is 0 Å². The highest BCUT2D eigenvalue weighted by Crippen LogP contribution is 2.01. The van der Waals surface area contributed by atoms with Gasteiger partial charge in [-0.1, -0.05) is 18.7 Å². The van der Waals surface area contributed by atoms with Crippen molar-refractivity contribution in [2.24, 2.45) is 0 Å². The number of amides is 1. The van der Waals surface area contributed by atoms with Crippen LogP contribution in [0.2, 0.25) is 0 Å². The molecule has 7 nitrogen and oxygen atoms in total. The van der Waals surface area contributed by atoms with Gasteiger partial charge in [0.05, 0.1) is 12.9 Å². The van der Waals surface area contributed by atoms with Crippen LogP contribution < -0.4 is 5.32 Å². The average Bonchev–Trinajstić information content (AvgIpc) is 2.42. The van der Waals surface area contributed by atoms with Crippen LogP contribution in [0.1, 0.15) is 13.3 Å². The van der Waals surface area contributed by atoms with Crippen molar-refractivity contribution in [2.75, 3.05) is 25.7 Å². The molecule has 0 unspecified atom stereocenters. The van der Waals surface area contributed by atoms with Crippen molar-refractivity contribution >= 4 is 21.9 Å². The highest BCUT2D eigenvalue weighted by Gasteiger charge is 2.23. The molecule has 1 amide bonds. The molecule has 8 heteroatoms. The number of nitrogens with one attached hydrogen (secondary N) is 1. The molecule has 0 aliphatic rings. The van der Waals surface area contributed by atoms with E-state index < -0.39 is 27.9 Å². The summed E-state index contributed by atoms with van der Waals surface area (Å²) in [7, 11) is -2.10. The quantitative estimate of drug-likeness (QED) is 0.525. The number of rotatable bonds is 8. The van der Waals surface area contributed by atoms with Gasteiger partial charge < -0.3 is 14.8 Å². The second-order valence-electron chi connectivity index (χ2n) is 4.28. The normalized spacial score (nSPS) is 13.2. The number of allylic oxidation sites excluding steroid dienone is 1. The van der Waals surface area contributed by atoms with Gasteiger partial charge in [0.25, 0.3) is 0 Å². The first-order valence-electron chi connectivity index (χ1n) is 6.20. The van der Waals surface area contributed by atoms with E-state index in [9.17, 15) is 18.0 Å². The number of carbonyl (C=O) groups excluding carboxylic acids is 2. The molecule has 0 rings (SSSR count). The number of alkyl carbamates (subject to hydrolysis) is 1. The van der Waals surface area contributed by atoms with Crippen LogP contribution in [0.25, 0.3) is 0 Å². The van der Waals surface area contributed by atoms with Gasteiger partial charge >= 0.3 is 12.1 Å². The number of hydrogen-bond donors (Lipinski definition) is 1. The molecule has 1 atom stereocenters. The van der Waals surface area contributed by atoms with Crippen LogP contribution >= 0.6 is 0 Å². The van der Waals surface area contributed by atoms with Gasteiger partial charge in [-0.25, -0.2) is 18.0 Å². The number of hydrogen-bond acceptors (Lipinski definition) is 6. The Balaban J connectivity index is 4.56. The van der Waals surface area contributed by atoms with Gasteiger partial charge in [0.2, 0.25) is 0 Å².